The van der Waals surface area contributed by atoms with Gasteiger partial charge >= 0.3 is 0 Å². The molecule has 0 fully saturated rings. The lowest BCUT2D eigenvalue weighted by atomic mass is 9.93. The maximum absolute atomic E-state index is 11.9. The molecule has 0 amide bonds. The number of hydrogen-bond donors (Lipinski definition) is 0. The zero-order chi connectivity index (χ0) is 10.6. The zero-order valence-electron chi connectivity index (χ0n) is 8.59. The number of hydrogen-bond acceptors (Lipinski definition) is 1. The second kappa shape index (κ2) is 5.49. The lowest BCUT2D eigenvalue weighted by molar-refractivity contribution is 0.0913. The van der Waals surface area contributed by atoms with Crippen LogP contribution in [-0.2, 0) is 0 Å². The summed E-state index contributed by atoms with van der Waals surface area (Å²) in [5.41, 5.74) is 0.846. The van der Waals surface area contributed by atoms with Gasteiger partial charge in [0.25, 0.3) is 0 Å². The van der Waals surface area contributed by atoms with E-state index in [0.717, 1.165) is 18.4 Å². The molecule has 2 heteroatoms. The van der Waals surface area contributed by atoms with Crippen LogP contribution in [0.1, 0.15) is 37.0 Å². The van der Waals surface area contributed by atoms with Crippen molar-refractivity contribution in [1.29, 1.82) is 0 Å². The SMILES string of the molecule is CCC(CC)C(=O)c1ccc(I)cc1. The Balaban J connectivity index is 2.83. The molecule has 0 atom stereocenters. The van der Waals surface area contributed by atoms with Crippen molar-refractivity contribution in [3.8, 4) is 0 Å². The highest BCUT2D eigenvalue weighted by Crippen LogP contribution is 2.16. The van der Waals surface area contributed by atoms with Crippen molar-refractivity contribution in [2.45, 2.75) is 26.7 Å². The summed E-state index contributed by atoms with van der Waals surface area (Å²) in [6, 6.07) is 7.80. The minimum absolute atomic E-state index is 0.190. The molecule has 1 nitrogen and oxygen atoms in total. The van der Waals surface area contributed by atoms with Crippen LogP contribution in [0, 0.1) is 9.49 Å². The number of carbonyl (C=O) groups excluding carboxylic acids is 1. The third-order valence-electron chi connectivity index (χ3n) is 2.49. The highest BCUT2D eigenvalue weighted by atomic mass is 127. The van der Waals surface area contributed by atoms with E-state index in [2.05, 4.69) is 36.4 Å². The number of benzene rings is 1. The van der Waals surface area contributed by atoms with E-state index in [0.29, 0.717) is 0 Å². The summed E-state index contributed by atoms with van der Waals surface area (Å²) in [6.07, 6.45) is 1.86. The van der Waals surface area contributed by atoms with Gasteiger partial charge in [-0.1, -0.05) is 26.0 Å². The van der Waals surface area contributed by atoms with Crippen LogP contribution in [0.2, 0.25) is 0 Å². The van der Waals surface area contributed by atoms with Crippen molar-refractivity contribution < 1.29 is 4.79 Å². The molecule has 14 heavy (non-hydrogen) atoms. The fourth-order valence-electron chi connectivity index (χ4n) is 1.51. The Morgan fingerprint density at radius 3 is 2.14 bits per heavy atom. The second-order valence-corrected chi connectivity index (χ2v) is 4.63. The lowest BCUT2D eigenvalue weighted by Crippen LogP contribution is -2.12. The van der Waals surface area contributed by atoms with E-state index in [-0.39, 0.29) is 11.7 Å². The summed E-state index contributed by atoms with van der Waals surface area (Å²) in [5, 5.41) is 0. The number of rotatable bonds is 4. The van der Waals surface area contributed by atoms with Crippen molar-refractivity contribution in [3.63, 3.8) is 0 Å². The number of ketones is 1. The molecule has 0 N–H and O–H groups in total. The first kappa shape index (κ1) is 11.7. The van der Waals surface area contributed by atoms with Gasteiger partial charge in [0.2, 0.25) is 0 Å². The molecule has 76 valence electrons. The Bertz CT molecular complexity index is 299. The van der Waals surface area contributed by atoms with Crippen molar-refractivity contribution in [1.82, 2.24) is 0 Å². The first-order valence-corrected chi connectivity index (χ1v) is 6.06. The van der Waals surface area contributed by atoms with Crippen LogP contribution < -0.4 is 0 Å². The molecule has 0 aromatic heterocycles. The average Bonchev–Trinajstić information content (AvgIpc) is 2.20. The Morgan fingerprint density at radius 2 is 1.71 bits per heavy atom. The third kappa shape index (κ3) is 2.80. The minimum Gasteiger partial charge on any atom is -0.294 e. The lowest BCUT2D eigenvalue weighted by Gasteiger charge is -2.10. The molecule has 0 unspecified atom stereocenters. The summed E-state index contributed by atoms with van der Waals surface area (Å²) < 4.78 is 1.17. The van der Waals surface area contributed by atoms with Crippen molar-refractivity contribution in [3.05, 3.63) is 33.4 Å². The molecule has 0 aliphatic heterocycles. The van der Waals surface area contributed by atoms with Crippen LogP contribution in [0.3, 0.4) is 0 Å². The van der Waals surface area contributed by atoms with Crippen molar-refractivity contribution >= 4 is 28.4 Å². The van der Waals surface area contributed by atoms with Crippen LogP contribution >= 0.6 is 22.6 Å². The summed E-state index contributed by atoms with van der Waals surface area (Å²) in [5.74, 6) is 0.474. The molecule has 0 saturated heterocycles. The quantitative estimate of drug-likeness (QED) is 0.609. The largest absolute Gasteiger partial charge is 0.294 e. The standard InChI is InChI=1S/C12H15IO/c1-3-9(4-2)12(14)10-5-7-11(13)8-6-10/h5-9H,3-4H2,1-2H3. The fourth-order valence-corrected chi connectivity index (χ4v) is 1.87. The molecule has 1 aromatic rings. The van der Waals surface area contributed by atoms with Gasteiger partial charge in [-0.25, -0.2) is 0 Å². The van der Waals surface area contributed by atoms with Gasteiger partial charge in [0.15, 0.2) is 5.78 Å². The van der Waals surface area contributed by atoms with Gasteiger partial charge in [-0.3, -0.25) is 4.79 Å². The molecule has 0 radical (unpaired) electrons. The highest BCUT2D eigenvalue weighted by molar-refractivity contribution is 14.1. The van der Waals surface area contributed by atoms with E-state index >= 15 is 0 Å². The van der Waals surface area contributed by atoms with E-state index in [1.165, 1.54) is 3.57 Å². The number of halogens is 1. The van der Waals surface area contributed by atoms with E-state index in [4.69, 9.17) is 0 Å². The van der Waals surface area contributed by atoms with Crippen molar-refractivity contribution in [2.75, 3.05) is 0 Å². The summed E-state index contributed by atoms with van der Waals surface area (Å²) in [7, 11) is 0. The van der Waals surface area contributed by atoms with E-state index < -0.39 is 0 Å². The van der Waals surface area contributed by atoms with Crippen LogP contribution in [-0.4, -0.2) is 5.78 Å². The molecule has 0 bridgehead atoms. The summed E-state index contributed by atoms with van der Waals surface area (Å²) in [6.45, 7) is 4.14. The van der Waals surface area contributed by atoms with E-state index in [9.17, 15) is 4.79 Å². The molecule has 0 saturated carbocycles. The van der Waals surface area contributed by atoms with Gasteiger partial charge in [-0.05, 0) is 47.6 Å². The second-order valence-electron chi connectivity index (χ2n) is 3.38. The molecule has 0 aliphatic rings. The first-order chi connectivity index (χ1) is 6.69. The third-order valence-corrected chi connectivity index (χ3v) is 3.20. The van der Waals surface area contributed by atoms with Crippen LogP contribution in [0.15, 0.2) is 24.3 Å². The van der Waals surface area contributed by atoms with Gasteiger partial charge in [0.05, 0.1) is 0 Å². The predicted molar refractivity (Wildman–Crippen MR) is 67.6 cm³/mol. The van der Waals surface area contributed by atoms with Gasteiger partial charge in [-0.15, -0.1) is 0 Å². The monoisotopic (exact) mass is 302 g/mol. The maximum Gasteiger partial charge on any atom is 0.165 e. The average molecular weight is 302 g/mol. The van der Waals surface area contributed by atoms with Gasteiger partial charge in [0, 0.05) is 15.1 Å². The molecule has 1 aromatic carbocycles. The molecule has 1 rings (SSSR count). The molecular weight excluding hydrogens is 287 g/mol. The summed E-state index contributed by atoms with van der Waals surface area (Å²) in [4.78, 5) is 11.9. The first-order valence-electron chi connectivity index (χ1n) is 4.98. The van der Waals surface area contributed by atoms with Crippen LogP contribution in [0.5, 0.6) is 0 Å². The molecule has 0 heterocycles. The van der Waals surface area contributed by atoms with E-state index in [1.807, 2.05) is 24.3 Å². The molecule has 0 spiro atoms. The van der Waals surface area contributed by atoms with Gasteiger partial charge in [0.1, 0.15) is 0 Å². The predicted octanol–water partition coefficient (Wildman–Crippen LogP) is 3.91. The number of carbonyl (C=O) groups is 1. The smallest absolute Gasteiger partial charge is 0.165 e. The topological polar surface area (TPSA) is 17.1 Å². The fraction of sp³-hybridized carbons (Fsp3) is 0.417. The Morgan fingerprint density at radius 1 is 1.21 bits per heavy atom. The Labute approximate surface area is 99.0 Å². The van der Waals surface area contributed by atoms with Crippen molar-refractivity contribution in [2.24, 2.45) is 5.92 Å². The Kier molecular flexibility index (Phi) is 4.58. The normalized spacial score (nSPS) is 10.6. The number of Topliss-reactive ketones (excluding diaryl/α,β-unsaturated/α-hetero) is 1. The van der Waals surface area contributed by atoms with Crippen LogP contribution in [0.25, 0.3) is 0 Å². The molecular formula is C12H15IO. The van der Waals surface area contributed by atoms with E-state index in [1.54, 1.807) is 0 Å². The van der Waals surface area contributed by atoms with Gasteiger partial charge in [-0.2, -0.15) is 0 Å². The highest BCUT2D eigenvalue weighted by Gasteiger charge is 2.15. The van der Waals surface area contributed by atoms with Gasteiger partial charge < -0.3 is 0 Å². The zero-order valence-corrected chi connectivity index (χ0v) is 10.7. The summed E-state index contributed by atoms with van der Waals surface area (Å²) >= 11 is 2.24. The maximum atomic E-state index is 11.9. The molecule has 0 aliphatic carbocycles. The minimum atomic E-state index is 0.190. The Hall–Kier alpha value is -0.380. The van der Waals surface area contributed by atoms with Crippen LogP contribution in [0.4, 0.5) is 0 Å².